The first-order valence-corrected chi connectivity index (χ1v) is 11.7. The fraction of sp³-hybridized carbons (Fsp3) is 0.739. The van der Waals surface area contributed by atoms with Gasteiger partial charge in [-0.05, 0) is 45.7 Å². The Hall–Kier alpha value is -1.33. The third-order valence-electron chi connectivity index (χ3n) is 6.27. The molecule has 182 valence electrons. The SMILES string of the molecule is CCNC(=NCC(C)(O)c1ccc(C)o1)NCCN1CCN(C(=O)C2CCCC2)CC1.I. The van der Waals surface area contributed by atoms with Crippen molar-refractivity contribution in [3.63, 3.8) is 0 Å². The van der Waals surface area contributed by atoms with Crippen molar-refractivity contribution in [2.24, 2.45) is 10.9 Å². The fourth-order valence-corrected chi connectivity index (χ4v) is 4.33. The normalized spacial score (nSPS) is 20.0. The van der Waals surface area contributed by atoms with Crippen LogP contribution in [-0.4, -0.2) is 79.1 Å². The number of aliphatic imine (C=N–C) groups is 1. The standard InChI is InChI=1S/C23H39N5O3.HI/c1-4-24-22(26-17-23(3,30)20-10-9-18(2)31-20)25-11-12-27-13-15-28(16-14-27)21(29)19-7-5-6-8-19;/h9-10,19,30H,4-8,11-17H2,1-3H3,(H2,24,25,26);1H. The van der Waals surface area contributed by atoms with Gasteiger partial charge in [-0.25, -0.2) is 4.99 Å². The Labute approximate surface area is 209 Å². The minimum Gasteiger partial charge on any atom is -0.463 e. The summed E-state index contributed by atoms with van der Waals surface area (Å²) in [6, 6.07) is 3.64. The first kappa shape index (κ1) is 26.9. The largest absolute Gasteiger partial charge is 0.463 e. The highest BCUT2D eigenvalue weighted by atomic mass is 127. The van der Waals surface area contributed by atoms with Gasteiger partial charge in [0, 0.05) is 51.7 Å². The van der Waals surface area contributed by atoms with Gasteiger partial charge in [0.2, 0.25) is 5.91 Å². The Morgan fingerprint density at radius 2 is 1.91 bits per heavy atom. The molecule has 0 bridgehead atoms. The zero-order valence-electron chi connectivity index (χ0n) is 19.7. The molecule has 2 heterocycles. The van der Waals surface area contributed by atoms with Crippen molar-refractivity contribution >= 4 is 35.8 Å². The molecular weight excluding hydrogens is 521 g/mol. The van der Waals surface area contributed by atoms with Gasteiger partial charge in [0.05, 0.1) is 6.54 Å². The molecule has 2 fully saturated rings. The molecule has 1 aromatic rings. The van der Waals surface area contributed by atoms with E-state index in [4.69, 9.17) is 4.42 Å². The van der Waals surface area contributed by atoms with Crippen LogP contribution in [0.1, 0.15) is 51.1 Å². The van der Waals surface area contributed by atoms with Crippen LogP contribution in [0.25, 0.3) is 0 Å². The summed E-state index contributed by atoms with van der Waals surface area (Å²) in [5, 5.41) is 17.3. The van der Waals surface area contributed by atoms with Crippen LogP contribution in [0, 0.1) is 12.8 Å². The van der Waals surface area contributed by atoms with Crippen molar-refractivity contribution in [1.82, 2.24) is 20.4 Å². The van der Waals surface area contributed by atoms with E-state index in [0.717, 1.165) is 64.4 Å². The number of nitrogens with one attached hydrogen (secondary N) is 2. The number of carbonyl (C=O) groups excluding carboxylic acids is 1. The monoisotopic (exact) mass is 561 g/mol. The Balaban J connectivity index is 0.00000363. The number of amides is 1. The highest BCUT2D eigenvalue weighted by Crippen LogP contribution is 2.27. The summed E-state index contributed by atoms with van der Waals surface area (Å²) >= 11 is 0. The molecule has 32 heavy (non-hydrogen) atoms. The average molecular weight is 562 g/mol. The number of hydrogen-bond acceptors (Lipinski definition) is 5. The summed E-state index contributed by atoms with van der Waals surface area (Å²) in [5.74, 6) is 2.62. The second-order valence-electron chi connectivity index (χ2n) is 8.95. The smallest absolute Gasteiger partial charge is 0.225 e. The Morgan fingerprint density at radius 1 is 1.22 bits per heavy atom. The van der Waals surface area contributed by atoms with Crippen LogP contribution in [0.2, 0.25) is 0 Å². The molecule has 1 saturated carbocycles. The van der Waals surface area contributed by atoms with E-state index in [0.29, 0.717) is 17.6 Å². The molecule has 9 heteroatoms. The summed E-state index contributed by atoms with van der Waals surface area (Å²) in [6.07, 6.45) is 4.55. The highest BCUT2D eigenvalue weighted by molar-refractivity contribution is 14.0. The van der Waals surface area contributed by atoms with Crippen LogP contribution in [0.3, 0.4) is 0 Å². The Bertz CT molecular complexity index is 738. The fourth-order valence-electron chi connectivity index (χ4n) is 4.33. The van der Waals surface area contributed by atoms with Gasteiger partial charge in [-0.1, -0.05) is 12.8 Å². The third kappa shape index (κ3) is 7.62. The number of rotatable bonds is 8. The number of aliphatic hydroxyl groups is 1. The van der Waals surface area contributed by atoms with E-state index in [-0.39, 0.29) is 36.4 Å². The Morgan fingerprint density at radius 3 is 2.50 bits per heavy atom. The molecule has 1 unspecified atom stereocenters. The number of halogens is 1. The number of carbonyl (C=O) groups is 1. The van der Waals surface area contributed by atoms with Crippen LogP contribution in [-0.2, 0) is 10.4 Å². The summed E-state index contributed by atoms with van der Waals surface area (Å²) < 4.78 is 5.56. The molecule has 3 N–H and O–H groups in total. The summed E-state index contributed by atoms with van der Waals surface area (Å²) in [6.45, 7) is 11.7. The molecule has 3 rings (SSSR count). The van der Waals surface area contributed by atoms with E-state index in [1.165, 1.54) is 12.8 Å². The van der Waals surface area contributed by atoms with E-state index < -0.39 is 5.60 Å². The molecule has 1 aliphatic heterocycles. The van der Waals surface area contributed by atoms with Gasteiger partial charge in [0.15, 0.2) is 5.96 Å². The van der Waals surface area contributed by atoms with Crippen molar-refractivity contribution < 1.29 is 14.3 Å². The lowest BCUT2D eigenvalue weighted by Crippen LogP contribution is -2.52. The predicted molar refractivity (Wildman–Crippen MR) is 137 cm³/mol. The van der Waals surface area contributed by atoms with Gasteiger partial charge in [0.25, 0.3) is 0 Å². The van der Waals surface area contributed by atoms with E-state index in [9.17, 15) is 9.90 Å². The van der Waals surface area contributed by atoms with E-state index in [2.05, 4.69) is 25.4 Å². The number of piperazine rings is 1. The topological polar surface area (TPSA) is 93.3 Å². The molecule has 0 radical (unpaired) electrons. The number of furan rings is 1. The second kappa shape index (κ2) is 12.8. The minimum atomic E-state index is -1.15. The maximum Gasteiger partial charge on any atom is 0.225 e. The summed E-state index contributed by atoms with van der Waals surface area (Å²) in [7, 11) is 0. The van der Waals surface area contributed by atoms with Crippen molar-refractivity contribution in [1.29, 1.82) is 0 Å². The van der Waals surface area contributed by atoms with Crippen LogP contribution < -0.4 is 10.6 Å². The van der Waals surface area contributed by atoms with Gasteiger partial charge in [-0.2, -0.15) is 0 Å². The van der Waals surface area contributed by atoms with Crippen LogP contribution in [0.4, 0.5) is 0 Å². The molecule has 1 saturated heterocycles. The number of hydrogen-bond donors (Lipinski definition) is 3. The van der Waals surface area contributed by atoms with Gasteiger partial charge in [-0.3, -0.25) is 9.69 Å². The number of aryl methyl sites for hydroxylation is 1. The summed E-state index contributed by atoms with van der Waals surface area (Å²) in [4.78, 5) is 21.6. The van der Waals surface area contributed by atoms with Crippen LogP contribution in [0.15, 0.2) is 21.5 Å². The summed E-state index contributed by atoms with van der Waals surface area (Å²) in [5.41, 5.74) is -1.15. The maximum atomic E-state index is 12.6. The van der Waals surface area contributed by atoms with E-state index in [1.807, 2.05) is 19.9 Å². The van der Waals surface area contributed by atoms with Crippen molar-refractivity contribution in [3.8, 4) is 0 Å². The van der Waals surface area contributed by atoms with Gasteiger partial charge in [0.1, 0.15) is 17.1 Å². The lowest BCUT2D eigenvalue weighted by molar-refractivity contribution is -0.137. The average Bonchev–Trinajstić information content (AvgIpc) is 3.44. The zero-order chi connectivity index (χ0) is 22.3. The lowest BCUT2D eigenvalue weighted by atomic mass is 10.0. The van der Waals surface area contributed by atoms with Gasteiger partial charge in [-0.15, -0.1) is 24.0 Å². The Kier molecular flexibility index (Phi) is 10.8. The zero-order valence-corrected chi connectivity index (χ0v) is 22.1. The van der Waals surface area contributed by atoms with E-state index in [1.54, 1.807) is 13.0 Å². The second-order valence-corrected chi connectivity index (χ2v) is 8.95. The molecule has 0 aromatic carbocycles. The highest BCUT2D eigenvalue weighted by Gasteiger charge is 2.29. The van der Waals surface area contributed by atoms with Crippen molar-refractivity contribution in [3.05, 3.63) is 23.7 Å². The van der Waals surface area contributed by atoms with Crippen molar-refractivity contribution in [2.45, 2.75) is 52.1 Å². The number of guanidine groups is 1. The van der Waals surface area contributed by atoms with Crippen molar-refractivity contribution in [2.75, 3.05) is 52.4 Å². The molecule has 0 spiro atoms. The number of nitrogens with zero attached hydrogens (tertiary/aromatic N) is 3. The van der Waals surface area contributed by atoms with Crippen LogP contribution in [0.5, 0.6) is 0 Å². The quantitative estimate of drug-likeness (QED) is 0.256. The molecule has 1 aromatic heterocycles. The predicted octanol–water partition coefficient (Wildman–Crippen LogP) is 2.30. The first-order valence-electron chi connectivity index (χ1n) is 11.7. The third-order valence-corrected chi connectivity index (χ3v) is 6.27. The van der Waals surface area contributed by atoms with Gasteiger partial charge >= 0.3 is 0 Å². The lowest BCUT2D eigenvalue weighted by Gasteiger charge is -2.36. The molecule has 8 nitrogen and oxygen atoms in total. The molecule has 1 amide bonds. The van der Waals surface area contributed by atoms with Crippen LogP contribution >= 0.6 is 24.0 Å². The molecule has 2 aliphatic rings. The van der Waals surface area contributed by atoms with E-state index >= 15 is 0 Å². The first-order chi connectivity index (χ1) is 14.9. The maximum absolute atomic E-state index is 12.6. The molecule has 1 atom stereocenters. The van der Waals surface area contributed by atoms with Gasteiger partial charge < -0.3 is 25.1 Å². The molecule has 1 aliphatic carbocycles. The minimum absolute atomic E-state index is 0. The molecular formula is C23H40IN5O3.